The van der Waals surface area contributed by atoms with Gasteiger partial charge >= 0.3 is 5.69 Å². The van der Waals surface area contributed by atoms with Gasteiger partial charge in [0.2, 0.25) is 0 Å². The maximum absolute atomic E-state index is 11.2. The van der Waals surface area contributed by atoms with Crippen LogP contribution in [-0.2, 0) is 0 Å². The van der Waals surface area contributed by atoms with Gasteiger partial charge in [0.25, 0.3) is 0 Å². The summed E-state index contributed by atoms with van der Waals surface area (Å²) in [6, 6.07) is 4.85. The summed E-state index contributed by atoms with van der Waals surface area (Å²) in [5.74, 6) is 0.769. The first-order chi connectivity index (χ1) is 9.41. The number of hydrogen-bond donors (Lipinski definition) is 2. The van der Waals surface area contributed by atoms with E-state index in [1.807, 2.05) is 6.26 Å². The Hall–Kier alpha value is -1.47. The first-order valence-corrected chi connectivity index (χ1v) is 7.66. The first-order valence-electron chi connectivity index (χ1n) is 6.26. The summed E-state index contributed by atoms with van der Waals surface area (Å²) >= 11 is 1.52. The van der Waals surface area contributed by atoms with Gasteiger partial charge < -0.3 is 15.2 Å². The van der Waals surface area contributed by atoms with Crippen molar-refractivity contribution in [2.75, 3.05) is 30.5 Å². The average Bonchev–Trinajstić information content (AvgIpc) is 2.36. The minimum Gasteiger partial charge on any atom is -0.487 e. The van der Waals surface area contributed by atoms with Crippen molar-refractivity contribution in [3.05, 3.63) is 28.3 Å². The van der Waals surface area contributed by atoms with Crippen molar-refractivity contribution < 1.29 is 14.8 Å². The second-order valence-electron chi connectivity index (χ2n) is 4.63. The number of aliphatic hydroxyl groups is 1. The second kappa shape index (κ2) is 7.35. The van der Waals surface area contributed by atoms with Gasteiger partial charge in [0.15, 0.2) is 5.75 Å². The molecule has 1 unspecified atom stereocenters. The molecule has 0 heterocycles. The largest absolute Gasteiger partial charge is 0.487 e. The monoisotopic (exact) mass is 300 g/mol. The topological polar surface area (TPSA) is 84.6 Å². The van der Waals surface area contributed by atoms with Gasteiger partial charge in [-0.15, -0.1) is 0 Å². The third-order valence-electron chi connectivity index (χ3n) is 2.60. The number of hydrogen-bond acceptors (Lipinski definition) is 6. The summed E-state index contributed by atoms with van der Waals surface area (Å²) in [5.41, 5.74) is -0.689. The zero-order valence-electron chi connectivity index (χ0n) is 11.9. The van der Waals surface area contributed by atoms with E-state index < -0.39 is 10.5 Å². The molecule has 0 aromatic heterocycles. The van der Waals surface area contributed by atoms with Crippen LogP contribution in [0, 0.1) is 10.1 Å². The van der Waals surface area contributed by atoms with Gasteiger partial charge in [-0.1, -0.05) is 6.07 Å². The van der Waals surface area contributed by atoms with Gasteiger partial charge in [-0.05, 0) is 32.2 Å². The molecule has 0 fully saturated rings. The van der Waals surface area contributed by atoms with Gasteiger partial charge in [-0.25, -0.2) is 0 Å². The van der Waals surface area contributed by atoms with Crippen molar-refractivity contribution in [1.29, 1.82) is 0 Å². The average molecular weight is 300 g/mol. The van der Waals surface area contributed by atoms with Crippen molar-refractivity contribution in [2.24, 2.45) is 0 Å². The van der Waals surface area contributed by atoms with Gasteiger partial charge in [-0.3, -0.25) is 10.1 Å². The highest BCUT2D eigenvalue weighted by atomic mass is 32.2. The molecule has 0 amide bonds. The predicted molar refractivity (Wildman–Crippen MR) is 81.8 cm³/mol. The van der Waals surface area contributed by atoms with Crippen LogP contribution >= 0.6 is 11.8 Å². The van der Waals surface area contributed by atoms with Crippen LogP contribution in [0.25, 0.3) is 0 Å². The molecular formula is C13H20N2O4S. The molecule has 1 rings (SSSR count). The quantitative estimate of drug-likeness (QED) is 0.567. The van der Waals surface area contributed by atoms with Crippen LogP contribution in [0.2, 0.25) is 0 Å². The normalized spacial score (nSPS) is 13.6. The molecule has 1 aromatic carbocycles. The number of nitrogens with zero attached hydrogens (tertiary/aromatic N) is 1. The lowest BCUT2D eigenvalue weighted by Gasteiger charge is -2.23. The molecule has 2 N–H and O–H groups in total. The number of benzene rings is 1. The third-order valence-corrected chi connectivity index (χ3v) is 3.51. The fraction of sp³-hybridized carbons (Fsp3) is 0.538. The summed E-state index contributed by atoms with van der Waals surface area (Å²) < 4.78 is 5.27. The lowest BCUT2D eigenvalue weighted by Crippen LogP contribution is -2.36. The van der Waals surface area contributed by atoms with E-state index in [9.17, 15) is 15.2 Å². The Labute approximate surface area is 122 Å². The zero-order valence-corrected chi connectivity index (χ0v) is 12.7. The smallest absolute Gasteiger partial charge is 0.333 e. The maximum Gasteiger partial charge on any atom is 0.333 e. The molecule has 0 saturated heterocycles. The molecule has 7 heteroatoms. The molecule has 0 aliphatic heterocycles. The number of ether oxygens (including phenoxy) is 1. The Morgan fingerprint density at radius 3 is 2.80 bits per heavy atom. The van der Waals surface area contributed by atoms with Crippen LogP contribution in [-0.4, -0.2) is 40.8 Å². The van der Waals surface area contributed by atoms with Crippen molar-refractivity contribution in [3.63, 3.8) is 0 Å². The SMILES string of the molecule is CCOc1cccc(NCC(C)(O)CSC)c1[N+](=O)[O-]. The Morgan fingerprint density at radius 1 is 1.55 bits per heavy atom. The molecule has 0 spiro atoms. The van der Waals surface area contributed by atoms with E-state index in [1.54, 1.807) is 32.0 Å². The summed E-state index contributed by atoms with van der Waals surface area (Å²) in [6.07, 6.45) is 1.90. The minimum atomic E-state index is -0.936. The minimum absolute atomic E-state index is 0.102. The molecule has 0 aliphatic carbocycles. The highest BCUT2D eigenvalue weighted by Gasteiger charge is 2.24. The Morgan fingerprint density at radius 2 is 2.25 bits per heavy atom. The molecule has 1 atom stereocenters. The molecule has 112 valence electrons. The van der Waals surface area contributed by atoms with Crippen molar-refractivity contribution in [3.8, 4) is 5.75 Å². The highest BCUT2D eigenvalue weighted by molar-refractivity contribution is 7.98. The summed E-state index contributed by atoms with van der Waals surface area (Å²) in [4.78, 5) is 10.7. The number of anilines is 1. The predicted octanol–water partition coefficient (Wildman–Crippen LogP) is 2.52. The highest BCUT2D eigenvalue weighted by Crippen LogP contribution is 2.35. The van der Waals surface area contributed by atoms with E-state index in [-0.39, 0.29) is 18.0 Å². The van der Waals surface area contributed by atoms with E-state index in [2.05, 4.69) is 5.32 Å². The fourth-order valence-electron chi connectivity index (χ4n) is 1.77. The lowest BCUT2D eigenvalue weighted by atomic mass is 10.1. The molecule has 0 saturated carbocycles. The summed E-state index contributed by atoms with van der Waals surface area (Å²) in [5, 5.41) is 24.2. The molecule has 20 heavy (non-hydrogen) atoms. The number of thioether (sulfide) groups is 1. The Bertz CT molecular complexity index is 466. The fourth-order valence-corrected chi connectivity index (χ4v) is 2.50. The number of nitrogens with one attached hydrogen (secondary N) is 1. The molecule has 0 aliphatic rings. The third kappa shape index (κ3) is 4.57. The number of nitro benzene ring substituents is 1. The molecular weight excluding hydrogens is 280 g/mol. The lowest BCUT2D eigenvalue weighted by molar-refractivity contribution is -0.384. The molecule has 0 bridgehead atoms. The van der Waals surface area contributed by atoms with E-state index in [0.717, 1.165) is 0 Å². The van der Waals surface area contributed by atoms with Crippen LogP contribution in [0.5, 0.6) is 5.75 Å². The van der Waals surface area contributed by atoms with Crippen LogP contribution in [0.15, 0.2) is 18.2 Å². The standard InChI is InChI=1S/C13H20N2O4S/c1-4-19-11-7-5-6-10(12(11)15(17)18)14-8-13(2,16)9-20-3/h5-7,14,16H,4,8-9H2,1-3H3. The number of para-hydroxylation sites is 1. The summed E-state index contributed by atoms with van der Waals surface area (Å²) in [6.45, 7) is 4.04. The first kappa shape index (κ1) is 16.6. The molecule has 1 aromatic rings. The van der Waals surface area contributed by atoms with Gasteiger partial charge in [0, 0.05) is 12.3 Å². The Balaban J connectivity index is 2.94. The van der Waals surface area contributed by atoms with Crippen LogP contribution in [0.4, 0.5) is 11.4 Å². The summed E-state index contributed by atoms with van der Waals surface area (Å²) in [7, 11) is 0. The van der Waals surface area contributed by atoms with E-state index in [4.69, 9.17) is 4.74 Å². The zero-order chi connectivity index (χ0) is 15.2. The van der Waals surface area contributed by atoms with Crippen molar-refractivity contribution in [1.82, 2.24) is 0 Å². The van der Waals surface area contributed by atoms with Gasteiger partial charge in [0.1, 0.15) is 5.69 Å². The van der Waals surface area contributed by atoms with Crippen LogP contribution in [0.3, 0.4) is 0 Å². The molecule has 6 nitrogen and oxygen atoms in total. The van der Waals surface area contributed by atoms with Crippen LogP contribution in [0.1, 0.15) is 13.8 Å². The van der Waals surface area contributed by atoms with Gasteiger partial charge in [0.05, 0.1) is 17.1 Å². The second-order valence-corrected chi connectivity index (χ2v) is 5.49. The number of nitro groups is 1. The maximum atomic E-state index is 11.2. The number of rotatable bonds is 8. The molecule has 0 radical (unpaired) electrons. The van der Waals surface area contributed by atoms with E-state index >= 15 is 0 Å². The van der Waals surface area contributed by atoms with Crippen molar-refractivity contribution >= 4 is 23.1 Å². The van der Waals surface area contributed by atoms with Crippen LogP contribution < -0.4 is 10.1 Å². The van der Waals surface area contributed by atoms with E-state index in [0.29, 0.717) is 18.0 Å². The van der Waals surface area contributed by atoms with E-state index in [1.165, 1.54) is 11.8 Å². The van der Waals surface area contributed by atoms with Crippen molar-refractivity contribution in [2.45, 2.75) is 19.4 Å². The van der Waals surface area contributed by atoms with Gasteiger partial charge in [-0.2, -0.15) is 11.8 Å². The Kier molecular flexibility index (Phi) is 6.09.